The van der Waals surface area contributed by atoms with Crippen molar-refractivity contribution >= 4 is 162 Å². The smallest absolute Gasteiger partial charge is 0.399 e. The summed E-state index contributed by atoms with van der Waals surface area (Å²) in [6, 6.07) is 41.0. The number of carbonyl (C=O) groups excluding carboxylic acids is 2. The molecular weight excluding hydrogens is 1840 g/mol. The number of non-ortho nitro benzene ring substituents is 3. The van der Waals surface area contributed by atoms with Gasteiger partial charge in [-0.15, -0.1) is 0 Å². The van der Waals surface area contributed by atoms with Gasteiger partial charge in [-0.25, -0.2) is 53.3 Å². The second kappa shape index (κ2) is 40.8. The molecule has 9 aromatic carbocycles. The van der Waals surface area contributed by atoms with E-state index in [2.05, 4.69) is 127 Å². The fourth-order valence-electron chi connectivity index (χ4n) is 12.3. The van der Waals surface area contributed by atoms with Gasteiger partial charge in [-0.05, 0) is 137 Å². The SMILES string of the molecule is Cn1cc(-c2cnc3ccc(N)cc3n2)cn1.Cn1cc(-c2cnc3ccc(NC(=O)Nc4ccc(F)c(Br)c4)cc3n2)cn1.Cn1cc(-c2cnc3ccc(NC(=O)Nc4ccc(F)c(C(F)(F)F)c4)cc3n2)cn1.Cn1cc(-c2cnc3ccc([N+](=O)[O-])cc3n2)cn1.O=[N+]([O-])c1ccc2ncc(Cl)nc2c1.O=c1cnc2ccc([N+](=O)[O-])cc2[nH]1.O=c1cnc2ccccc2[nH]1. The number of benzene rings is 9. The molecule has 0 aliphatic rings. The highest BCUT2D eigenvalue weighted by molar-refractivity contribution is 9.10. The van der Waals surface area contributed by atoms with Gasteiger partial charge in [0.25, 0.3) is 28.2 Å². The number of nitro benzene ring substituents is 3. The Morgan fingerprint density at radius 3 is 1.14 bits per heavy atom. The third-order valence-electron chi connectivity index (χ3n) is 18.6. The molecule has 0 atom stereocenters. The van der Waals surface area contributed by atoms with Crippen LogP contribution in [0.1, 0.15) is 5.56 Å². The maximum atomic E-state index is 13.4. The third-order valence-corrected chi connectivity index (χ3v) is 19.4. The number of urea groups is 2. The van der Waals surface area contributed by atoms with E-state index in [0.717, 1.165) is 62.3 Å². The van der Waals surface area contributed by atoms with E-state index in [-0.39, 0.29) is 43.5 Å². The quantitative estimate of drug-likeness (QED) is 0.0274. The van der Waals surface area contributed by atoms with Crippen molar-refractivity contribution in [3.05, 3.63) is 341 Å². The van der Waals surface area contributed by atoms with Gasteiger partial charge in [0.05, 0.1) is 193 Å². The Kier molecular flexibility index (Phi) is 28.0. The summed E-state index contributed by atoms with van der Waals surface area (Å²) in [5.74, 6) is -1.82. The van der Waals surface area contributed by atoms with E-state index in [1.54, 1.807) is 124 Å². The number of fused-ring (bicyclic) bond motifs is 7. The highest BCUT2D eigenvalue weighted by Gasteiger charge is 2.34. The largest absolute Gasteiger partial charge is 0.419 e. The lowest BCUT2D eigenvalue weighted by Crippen LogP contribution is -2.20. The van der Waals surface area contributed by atoms with Gasteiger partial charge in [-0.1, -0.05) is 23.7 Å². The predicted octanol–water partition coefficient (Wildman–Crippen LogP) is 16.9. The van der Waals surface area contributed by atoms with Crippen molar-refractivity contribution in [3.8, 4) is 45.0 Å². The number of nitrogens with two attached hydrogens (primary N) is 1. The zero-order valence-corrected chi connectivity index (χ0v) is 71.8. The van der Waals surface area contributed by atoms with Crippen LogP contribution in [0.2, 0.25) is 5.15 Å². The first kappa shape index (κ1) is 92.0. The van der Waals surface area contributed by atoms with Gasteiger partial charge < -0.3 is 37.0 Å². The summed E-state index contributed by atoms with van der Waals surface area (Å²) < 4.78 is 72.2. The fourth-order valence-corrected chi connectivity index (χ4v) is 12.8. The first-order valence-corrected chi connectivity index (χ1v) is 39.9. The molecule has 0 unspecified atom stereocenters. The minimum atomic E-state index is -4.87. The minimum absolute atomic E-state index is 0.00476. The van der Waals surface area contributed by atoms with Crippen molar-refractivity contribution in [2.24, 2.45) is 28.2 Å². The average molecular weight is 1900 g/mol. The maximum Gasteiger partial charge on any atom is 0.419 e. The summed E-state index contributed by atoms with van der Waals surface area (Å²) in [7, 11) is 7.29. The van der Waals surface area contributed by atoms with Crippen LogP contribution in [-0.2, 0) is 34.4 Å². The van der Waals surface area contributed by atoms with E-state index in [0.29, 0.717) is 107 Å². The first-order valence-electron chi connectivity index (χ1n) is 38.8. The molecule has 134 heavy (non-hydrogen) atoms. The summed E-state index contributed by atoms with van der Waals surface area (Å²) in [4.78, 5) is 132. The van der Waals surface area contributed by atoms with Crippen molar-refractivity contribution in [1.29, 1.82) is 0 Å². The summed E-state index contributed by atoms with van der Waals surface area (Å²) in [6.45, 7) is 0. The Labute approximate surface area is 760 Å². The Hall–Kier alpha value is -18.2. The van der Waals surface area contributed by atoms with Crippen molar-refractivity contribution in [2.45, 2.75) is 6.18 Å². The van der Waals surface area contributed by atoms with Gasteiger partial charge in [0.1, 0.15) is 16.8 Å². The molecule has 11 aromatic heterocycles. The number of H-pyrrole nitrogens is 2. The Morgan fingerprint density at radius 1 is 0.388 bits per heavy atom. The Morgan fingerprint density at radius 2 is 0.724 bits per heavy atom. The number of rotatable bonds is 11. The van der Waals surface area contributed by atoms with Crippen molar-refractivity contribution in [1.82, 2.24) is 109 Å². The number of hydrogen-bond donors (Lipinski definition) is 7. The summed E-state index contributed by atoms with van der Waals surface area (Å²) >= 11 is 8.70. The number of aromatic nitrogens is 22. The average Bonchev–Trinajstić information content (AvgIpc) is 1.45. The van der Waals surface area contributed by atoms with Gasteiger partial charge in [0.2, 0.25) is 0 Å². The highest BCUT2D eigenvalue weighted by atomic mass is 79.9. The summed E-state index contributed by atoms with van der Waals surface area (Å²) in [5.41, 5.74) is 20.3. The highest BCUT2D eigenvalue weighted by Crippen LogP contribution is 2.34. The molecule has 0 spiro atoms. The molecule has 0 saturated carbocycles. The van der Waals surface area contributed by atoms with Crippen molar-refractivity contribution in [2.75, 3.05) is 27.0 Å². The molecular formula is C87H63BrClF5N30O10. The van der Waals surface area contributed by atoms with Gasteiger partial charge in [-0.2, -0.15) is 33.6 Å². The van der Waals surface area contributed by atoms with Gasteiger partial charge in [0, 0.05) is 140 Å². The number of para-hydroxylation sites is 2. The molecule has 47 heteroatoms. The van der Waals surface area contributed by atoms with Gasteiger partial charge in [0.15, 0.2) is 0 Å². The fraction of sp³-hybridized carbons (Fsp3) is 0.0575. The molecule has 8 N–H and O–H groups in total. The lowest BCUT2D eigenvalue weighted by Gasteiger charge is -2.12. The molecule has 11 heterocycles. The van der Waals surface area contributed by atoms with E-state index < -0.39 is 50.2 Å². The molecule has 20 rings (SSSR count). The number of nitrogens with zero attached hydrogens (tertiary/aromatic N) is 23. The number of hydrogen-bond acceptors (Lipinski definition) is 27. The molecule has 0 aliphatic carbocycles. The predicted molar refractivity (Wildman–Crippen MR) is 491 cm³/mol. The van der Waals surface area contributed by atoms with Gasteiger partial charge in [-0.3, -0.25) is 83.6 Å². The number of nitrogens with one attached hydrogen (secondary N) is 6. The maximum absolute atomic E-state index is 13.4. The number of anilines is 5. The van der Waals surface area contributed by atoms with Crippen LogP contribution in [0.25, 0.3) is 122 Å². The van der Waals surface area contributed by atoms with E-state index in [4.69, 9.17) is 17.3 Å². The van der Waals surface area contributed by atoms with E-state index in [9.17, 15) is 71.5 Å². The first-order chi connectivity index (χ1) is 64.2. The lowest BCUT2D eigenvalue weighted by molar-refractivity contribution is -0.384. The summed E-state index contributed by atoms with van der Waals surface area (Å²) in [5, 5.41) is 58.4. The molecule has 0 fully saturated rings. The number of nitrogen functional groups attached to an aromatic ring is 1. The number of aryl methyl sites for hydroxylation is 4. The van der Waals surface area contributed by atoms with E-state index in [1.807, 2.05) is 82.2 Å². The molecule has 0 saturated heterocycles. The molecule has 670 valence electrons. The standard InChI is InChI=1S/C20H14F4N6O.C19H14BrFN6O.C12H9N5O2.C12H11N5.C8H4ClN3O2.C8H5N3O3.C8H6N2O/c1-30-10-11(8-26-30)18-9-25-16-5-3-13(7-17(16)29-18)28-19(31)27-12-2-4-15(21)14(6-12)20(22,23)24;1-27-10-11(8-23-27)18-9-22-16-5-3-13(7-17(16)26-18)25-19(28)24-12-2-4-15(21)14(20)6-12;1-16-7-8(5-14-16)12-6-13-10-3-2-9(17(18)19)4-11(10)15-12;1-17-7-8(5-15-17)12-6-14-10-3-2-9(13)4-11(10)16-12;9-8-4-10-6-2-1-5(12(13)14)3-7(6)11-8;12-8-4-9-6-2-1-5(11(13)14)3-7(6)10-8;11-8-5-9-6-3-1-2-4-7(6)10-8/h2-10H,1H3,(H2,27,28,31);2-10H,1H3,(H2,24,25,28);2-7H,1H3;2-7H,13H2,1H3;1-4H;1-4H,(H,10,12);1-5H,(H,10,11). The lowest BCUT2D eigenvalue weighted by atomic mass is 10.2. The van der Waals surface area contributed by atoms with Gasteiger partial charge >= 0.3 is 18.2 Å². The number of alkyl halides is 3. The molecule has 20 aromatic rings. The monoisotopic (exact) mass is 1900 g/mol. The van der Waals surface area contributed by atoms with E-state index in [1.165, 1.54) is 79.1 Å². The molecule has 40 nitrogen and oxygen atoms in total. The molecule has 0 bridgehead atoms. The number of aromatic amines is 2. The molecule has 4 amide bonds. The normalized spacial score (nSPS) is 10.8. The zero-order chi connectivity index (χ0) is 95.0. The second-order valence-electron chi connectivity index (χ2n) is 28.3. The van der Waals surface area contributed by atoms with Crippen LogP contribution < -0.4 is 38.1 Å². The van der Waals surface area contributed by atoms with Crippen LogP contribution in [0, 0.1) is 42.0 Å². The third kappa shape index (κ3) is 23.9. The van der Waals surface area contributed by atoms with Crippen molar-refractivity contribution in [3.63, 3.8) is 0 Å². The minimum Gasteiger partial charge on any atom is -0.399 e. The topological polar surface area (TPSA) is 529 Å². The van der Waals surface area contributed by atoms with Crippen LogP contribution in [0.4, 0.5) is 77.0 Å². The van der Waals surface area contributed by atoms with Crippen molar-refractivity contribution < 1.29 is 46.3 Å². The number of nitro groups is 3. The number of carbonyl (C=O) groups is 2. The number of halogens is 7. The van der Waals surface area contributed by atoms with Crippen LogP contribution in [0.3, 0.4) is 0 Å². The van der Waals surface area contributed by atoms with Crippen LogP contribution in [-0.4, -0.2) is 136 Å². The van der Waals surface area contributed by atoms with E-state index >= 15 is 0 Å². The zero-order valence-electron chi connectivity index (χ0n) is 69.4. The van der Waals surface area contributed by atoms with Crippen LogP contribution >= 0.6 is 27.5 Å². The molecule has 0 aliphatic heterocycles. The molecule has 0 radical (unpaired) electrons. The van der Waals surface area contributed by atoms with Crippen LogP contribution in [0.15, 0.2) is 277 Å². The number of amides is 4. The summed E-state index contributed by atoms with van der Waals surface area (Å²) in [6.07, 6.45) is 19.8. The van der Waals surface area contributed by atoms with Crippen LogP contribution in [0.5, 0.6) is 0 Å². The second-order valence-corrected chi connectivity index (χ2v) is 29.5. The Balaban J connectivity index is 0.000000129. The Bertz CT molecular complexity index is 8000.